The van der Waals surface area contributed by atoms with Crippen molar-refractivity contribution in [1.29, 1.82) is 0 Å². The van der Waals surface area contributed by atoms with E-state index in [-0.39, 0.29) is 12.1 Å². The highest BCUT2D eigenvalue weighted by Crippen LogP contribution is 2.15. The first-order valence-corrected chi connectivity index (χ1v) is 7.05. The lowest BCUT2D eigenvalue weighted by Crippen LogP contribution is -2.43. The van der Waals surface area contributed by atoms with E-state index in [4.69, 9.17) is 10.5 Å². The number of amides is 2. The summed E-state index contributed by atoms with van der Waals surface area (Å²) in [6.07, 6.45) is 2.05. The number of benzene rings is 1. The topological polar surface area (TPSA) is 76.4 Å². The summed E-state index contributed by atoms with van der Waals surface area (Å²) in [5.41, 5.74) is 6.78. The fourth-order valence-corrected chi connectivity index (χ4v) is 2.12. The van der Waals surface area contributed by atoms with Crippen molar-refractivity contribution in [2.45, 2.75) is 32.7 Å². The highest BCUT2D eigenvalue weighted by atomic mass is 16.5. The van der Waals surface area contributed by atoms with Gasteiger partial charge in [0.05, 0.1) is 7.11 Å². The van der Waals surface area contributed by atoms with Crippen LogP contribution in [0.4, 0.5) is 10.5 Å². The smallest absolute Gasteiger partial charge is 0.319 e. The van der Waals surface area contributed by atoms with E-state index in [0.717, 1.165) is 24.3 Å². The minimum Gasteiger partial charge on any atom is -0.497 e. The average molecular weight is 279 g/mol. The molecule has 1 atom stereocenters. The Hall–Kier alpha value is -1.75. The SMILES string of the molecule is CCC(CC)C(N)CNC(=O)Nc1ccc(OC)cc1. The van der Waals surface area contributed by atoms with Crippen molar-refractivity contribution in [3.8, 4) is 5.75 Å². The molecule has 0 spiro atoms. The first-order valence-electron chi connectivity index (χ1n) is 7.05. The van der Waals surface area contributed by atoms with Crippen molar-refractivity contribution in [3.05, 3.63) is 24.3 Å². The molecule has 0 fully saturated rings. The molecule has 0 heterocycles. The molecule has 2 amide bonds. The molecule has 1 rings (SSSR count). The van der Waals surface area contributed by atoms with Crippen molar-refractivity contribution < 1.29 is 9.53 Å². The third kappa shape index (κ3) is 5.09. The molecule has 20 heavy (non-hydrogen) atoms. The van der Waals surface area contributed by atoms with Crippen molar-refractivity contribution in [1.82, 2.24) is 5.32 Å². The summed E-state index contributed by atoms with van der Waals surface area (Å²) in [4.78, 5) is 11.8. The van der Waals surface area contributed by atoms with Gasteiger partial charge in [-0.3, -0.25) is 0 Å². The summed E-state index contributed by atoms with van der Waals surface area (Å²) in [6.45, 7) is 4.71. The van der Waals surface area contributed by atoms with Crippen LogP contribution in [0.25, 0.3) is 0 Å². The van der Waals surface area contributed by atoms with Crippen LogP contribution in [-0.2, 0) is 0 Å². The second-order valence-electron chi connectivity index (χ2n) is 4.80. The van der Waals surface area contributed by atoms with Crippen LogP contribution >= 0.6 is 0 Å². The maximum Gasteiger partial charge on any atom is 0.319 e. The number of methoxy groups -OCH3 is 1. The van der Waals surface area contributed by atoms with Gasteiger partial charge in [0.1, 0.15) is 5.75 Å². The molecule has 0 aromatic heterocycles. The van der Waals surface area contributed by atoms with Gasteiger partial charge in [-0.1, -0.05) is 26.7 Å². The monoisotopic (exact) mass is 279 g/mol. The number of carbonyl (C=O) groups is 1. The number of nitrogens with one attached hydrogen (secondary N) is 2. The first-order chi connectivity index (χ1) is 9.60. The Morgan fingerprint density at radius 2 is 1.85 bits per heavy atom. The third-order valence-corrected chi connectivity index (χ3v) is 3.50. The second kappa shape index (κ2) is 8.43. The Morgan fingerprint density at radius 1 is 1.25 bits per heavy atom. The Kier molecular flexibility index (Phi) is 6.87. The molecule has 112 valence electrons. The normalized spacial score (nSPS) is 12.1. The minimum atomic E-state index is -0.239. The zero-order valence-corrected chi connectivity index (χ0v) is 12.5. The van der Waals surface area contributed by atoms with Gasteiger partial charge in [-0.05, 0) is 30.2 Å². The van der Waals surface area contributed by atoms with Crippen LogP contribution in [0.1, 0.15) is 26.7 Å². The molecule has 1 unspecified atom stereocenters. The molecule has 5 nitrogen and oxygen atoms in total. The number of urea groups is 1. The third-order valence-electron chi connectivity index (χ3n) is 3.50. The predicted octanol–water partition coefficient (Wildman–Crippen LogP) is 2.58. The van der Waals surface area contributed by atoms with Crippen molar-refractivity contribution in [2.75, 3.05) is 19.0 Å². The number of hydrogen-bond acceptors (Lipinski definition) is 3. The second-order valence-corrected chi connectivity index (χ2v) is 4.80. The van der Waals surface area contributed by atoms with Crippen LogP contribution in [0.2, 0.25) is 0 Å². The summed E-state index contributed by atoms with van der Waals surface area (Å²) in [5, 5.41) is 5.56. The summed E-state index contributed by atoms with van der Waals surface area (Å²) in [5.74, 6) is 1.20. The molecule has 0 saturated carbocycles. The number of carbonyl (C=O) groups excluding carboxylic acids is 1. The number of hydrogen-bond donors (Lipinski definition) is 3. The molecule has 5 heteroatoms. The highest BCUT2D eigenvalue weighted by Gasteiger charge is 2.14. The molecule has 1 aromatic carbocycles. The summed E-state index contributed by atoms with van der Waals surface area (Å²) in [7, 11) is 1.61. The van der Waals surface area contributed by atoms with E-state index < -0.39 is 0 Å². The predicted molar refractivity (Wildman–Crippen MR) is 82.1 cm³/mol. The van der Waals surface area contributed by atoms with Gasteiger partial charge in [0.15, 0.2) is 0 Å². The van der Waals surface area contributed by atoms with E-state index in [1.54, 1.807) is 31.4 Å². The zero-order valence-electron chi connectivity index (χ0n) is 12.5. The lowest BCUT2D eigenvalue weighted by Gasteiger charge is -2.21. The molecule has 0 bridgehead atoms. The van der Waals surface area contributed by atoms with Gasteiger partial charge >= 0.3 is 6.03 Å². The number of ether oxygens (including phenoxy) is 1. The highest BCUT2D eigenvalue weighted by molar-refractivity contribution is 5.89. The maximum atomic E-state index is 11.8. The van der Waals surface area contributed by atoms with Crippen LogP contribution in [0.15, 0.2) is 24.3 Å². The minimum absolute atomic E-state index is 0.00776. The van der Waals surface area contributed by atoms with Crippen molar-refractivity contribution in [3.63, 3.8) is 0 Å². The molecule has 0 saturated heterocycles. The van der Waals surface area contributed by atoms with Crippen molar-refractivity contribution >= 4 is 11.7 Å². The average Bonchev–Trinajstić information content (AvgIpc) is 2.47. The molecule has 0 aliphatic carbocycles. The van der Waals surface area contributed by atoms with Crippen LogP contribution in [0, 0.1) is 5.92 Å². The van der Waals surface area contributed by atoms with E-state index >= 15 is 0 Å². The first kappa shape index (κ1) is 16.3. The van der Waals surface area contributed by atoms with Gasteiger partial charge in [-0.25, -0.2) is 4.79 Å². The quantitative estimate of drug-likeness (QED) is 0.718. The molecule has 4 N–H and O–H groups in total. The Bertz CT molecular complexity index is 402. The zero-order chi connectivity index (χ0) is 15.0. The van der Waals surface area contributed by atoms with Gasteiger partial charge in [-0.2, -0.15) is 0 Å². The van der Waals surface area contributed by atoms with E-state index in [0.29, 0.717) is 12.5 Å². The molecule has 0 radical (unpaired) electrons. The lowest BCUT2D eigenvalue weighted by molar-refractivity contribution is 0.249. The molecule has 0 aliphatic heterocycles. The number of rotatable bonds is 7. The number of nitrogens with two attached hydrogens (primary N) is 1. The summed E-state index contributed by atoms with van der Waals surface area (Å²) >= 11 is 0. The van der Waals surface area contributed by atoms with Gasteiger partial charge in [-0.15, -0.1) is 0 Å². The molecule has 0 aliphatic rings. The van der Waals surface area contributed by atoms with Gasteiger partial charge in [0.2, 0.25) is 0 Å². The van der Waals surface area contributed by atoms with Gasteiger partial charge < -0.3 is 21.1 Å². The summed E-state index contributed by atoms with van der Waals surface area (Å²) < 4.78 is 5.06. The van der Waals surface area contributed by atoms with E-state index in [9.17, 15) is 4.79 Å². The van der Waals surface area contributed by atoms with Gasteiger partial charge in [0, 0.05) is 18.3 Å². The maximum absolute atomic E-state index is 11.8. The van der Waals surface area contributed by atoms with Crippen LogP contribution in [0.3, 0.4) is 0 Å². The lowest BCUT2D eigenvalue weighted by atomic mass is 9.95. The standard InChI is InChI=1S/C15H25N3O2/c1-4-11(5-2)14(16)10-17-15(19)18-12-6-8-13(20-3)9-7-12/h6-9,11,14H,4-5,10,16H2,1-3H3,(H2,17,18,19). The fourth-order valence-electron chi connectivity index (χ4n) is 2.12. The fraction of sp³-hybridized carbons (Fsp3) is 0.533. The Balaban J connectivity index is 2.39. The van der Waals surface area contributed by atoms with E-state index in [2.05, 4.69) is 24.5 Å². The largest absolute Gasteiger partial charge is 0.497 e. The van der Waals surface area contributed by atoms with Gasteiger partial charge in [0.25, 0.3) is 0 Å². The van der Waals surface area contributed by atoms with Crippen LogP contribution in [0.5, 0.6) is 5.75 Å². The molecule has 1 aromatic rings. The van der Waals surface area contributed by atoms with E-state index in [1.165, 1.54) is 0 Å². The summed E-state index contributed by atoms with van der Waals surface area (Å²) in [6, 6.07) is 6.93. The number of anilines is 1. The van der Waals surface area contributed by atoms with Crippen LogP contribution < -0.4 is 21.1 Å². The van der Waals surface area contributed by atoms with E-state index in [1.807, 2.05) is 0 Å². The van der Waals surface area contributed by atoms with Crippen molar-refractivity contribution in [2.24, 2.45) is 11.7 Å². The van der Waals surface area contributed by atoms with Crippen LogP contribution in [-0.4, -0.2) is 25.7 Å². The molecular formula is C15H25N3O2. The Morgan fingerprint density at radius 3 is 2.35 bits per heavy atom. The Labute approximate surface area is 120 Å². The molecular weight excluding hydrogens is 254 g/mol.